The number of ether oxygens (including phenoxy) is 1. The molecule has 1 rings (SSSR count). The molecule has 0 aliphatic rings. The first kappa shape index (κ1) is 16.2. The molecular formula is C10H11BrClNO5S. The van der Waals surface area contributed by atoms with Crippen LogP contribution in [-0.2, 0) is 14.8 Å². The number of halogens is 2. The SMILES string of the molecule is COc1cc(Br)c(S(=O)(=O)N(C)CC(=O)O)cc1Cl. The number of carboxylic acid groups (broad SMARTS) is 1. The average molecular weight is 373 g/mol. The summed E-state index contributed by atoms with van der Waals surface area (Å²) in [6.45, 7) is -0.640. The lowest BCUT2D eigenvalue weighted by molar-refractivity contribution is -0.137. The van der Waals surface area contributed by atoms with E-state index in [4.69, 9.17) is 21.4 Å². The number of sulfonamides is 1. The molecule has 0 spiro atoms. The Morgan fingerprint density at radius 3 is 2.58 bits per heavy atom. The van der Waals surface area contributed by atoms with Crippen LogP contribution in [0.4, 0.5) is 0 Å². The predicted octanol–water partition coefficient (Wildman–Crippen LogP) is 1.82. The first-order valence-corrected chi connectivity index (χ1v) is 7.52. The number of carbonyl (C=O) groups is 1. The fourth-order valence-corrected chi connectivity index (χ4v) is 3.74. The molecule has 106 valence electrons. The van der Waals surface area contributed by atoms with Gasteiger partial charge in [0.2, 0.25) is 10.0 Å². The summed E-state index contributed by atoms with van der Waals surface area (Å²) in [6.07, 6.45) is 0. The molecule has 6 nitrogen and oxygen atoms in total. The van der Waals surface area contributed by atoms with E-state index in [0.717, 1.165) is 4.31 Å². The molecule has 19 heavy (non-hydrogen) atoms. The number of benzene rings is 1. The van der Waals surface area contributed by atoms with Gasteiger partial charge in [-0.05, 0) is 28.1 Å². The highest BCUT2D eigenvalue weighted by atomic mass is 79.9. The van der Waals surface area contributed by atoms with Crippen molar-refractivity contribution in [3.63, 3.8) is 0 Å². The molecule has 1 N–H and O–H groups in total. The molecule has 0 amide bonds. The van der Waals surface area contributed by atoms with Crippen molar-refractivity contribution in [3.05, 3.63) is 21.6 Å². The molecule has 0 fully saturated rings. The van der Waals surface area contributed by atoms with Gasteiger partial charge in [-0.2, -0.15) is 4.31 Å². The van der Waals surface area contributed by atoms with E-state index < -0.39 is 22.5 Å². The van der Waals surface area contributed by atoms with Crippen LogP contribution in [0.1, 0.15) is 0 Å². The Morgan fingerprint density at radius 2 is 2.11 bits per heavy atom. The lowest BCUT2D eigenvalue weighted by Gasteiger charge is -2.17. The van der Waals surface area contributed by atoms with Crippen LogP contribution in [0.3, 0.4) is 0 Å². The first-order valence-electron chi connectivity index (χ1n) is 4.91. The summed E-state index contributed by atoms with van der Waals surface area (Å²) < 4.78 is 30.3. The van der Waals surface area contributed by atoms with Gasteiger partial charge >= 0.3 is 5.97 Å². The highest BCUT2D eigenvalue weighted by Crippen LogP contribution is 2.34. The van der Waals surface area contributed by atoms with Gasteiger partial charge in [0.15, 0.2) is 0 Å². The third-order valence-corrected chi connectivity index (χ3v) is 5.31. The summed E-state index contributed by atoms with van der Waals surface area (Å²) in [7, 11) is -1.37. The number of methoxy groups -OCH3 is 1. The summed E-state index contributed by atoms with van der Waals surface area (Å²) >= 11 is 8.97. The lowest BCUT2D eigenvalue weighted by Crippen LogP contribution is -2.32. The van der Waals surface area contributed by atoms with Crippen LogP contribution in [0.5, 0.6) is 5.75 Å². The number of likely N-dealkylation sites (N-methyl/N-ethyl adjacent to an activating group) is 1. The summed E-state index contributed by atoms with van der Waals surface area (Å²) in [4.78, 5) is 10.5. The minimum absolute atomic E-state index is 0.119. The van der Waals surface area contributed by atoms with Crippen molar-refractivity contribution in [1.29, 1.82) is 0 Å². The molecule has 0 radical (unpaired) electrons. The minimum atomic E-state index is -3.95. The van der Waals surface area contributed by atoms with Crippen molar-refractivity contribution in [2.24, 2.45) is 0 Å². The van der Waals surface area contributed by atoms with Crippen molar-refractivity contribution >= 4 is 43.5 Å². The van der Waals surface area contributed by atoms with Crippen molar-refractivity contribution in [2.75, 3.05) is 20.7 Å². The van der Waals surface area contributed by atoms with Gasteiger partial charge in [0.05, 0.1) is 17.0 Å². The Morgan fingerprint density at radius 1 is 1.53 bits per heavy atom. The van der Waals surface area contributed by atoms with E-state index in [0.29, 0.717) is 5.75 Å². The van der Waals surface area contributed by atoms with E-state index >= 15 is 0 Å². The van der Waals surface area contributed by atoms with E-state index in [-0.39, 0.29) is 14.4 Å². The van der Waals surface area contributed by atoms with Crippen molar-refractivity contribution in [1.82, 2.24) is 4.31 Å². The predicted molar refractivity (Wildman–Crippen MR) is 73.2 cm³/mol. The Hall–Kier alpha value is -0.830. The second kappa shape index (κ2) is 6.08. The van der Waals surface area contributed by atoms with E-state index in [1.54, 1.807) is 0 Å². The summed E-state index contributed by atoms with van der Waals surface area (Å²) in [5, 5.41) is 8.75. The van der Waals surface area contributed by atoms with E-state index in [2.05, 4.69) is 15.9 Å². The Kier molecular flexibility index (Phi) is 5.19. The standard InChI is InChI=1S/C10H11BrClNO5S/c1-13(5-10(14)15)19(16,17)9-4-7(12)8(18-2)3-6(9)11/h3-4H,5H2,1-2H3,(H,14,15). The van der Waals surface area contributed by atoms with Crippen LogP contribution in [0.2, 0.25) is 5.02 Å². The number of hydrogen-bond donors (Lipinski definition) is 1. The Bertz CT molecular complexity index is 604. The van der Waals surface area contributed by atoms with Crippen LogP contribution in [0.15, 0.2) is 21.5 Å². The van der Waals surface area contributed by atoms with Gasteiger partial charge in [0.1, 0.15) is 12.3 Å². The van der Waals surface area contributed by atoms with Crippen LogP contribution >= 0.6 is 27.5 Å². The molecule has 0 unspecified atom stereocenters. The zero-order valence-corrected chi connectivity index (χ0v) is 13.2. The maximum absolute atomic E-state index is 12.2. The molecule has 0 saturated heterocycles. The van der Waals surface area contributed by atoms with Crippen LogP contribution in [0, 0.1) is 0 Å². The normalized spacial score (nSPS) is 11.6. The number of hydrogen-bond acceptors (Lipinski definition) is 4. The molecule has 0 saturated carbocycles. The van der Waals surface area contributed by atoms with Crippen molar-refractivity contribution in [3.8, 4) is 5.75 Å². The molecule has 9 heteroatoms. The molecule has 0 aromatic heterocycles. The third-order valence-electron chi connectivity index (χ3n) is 2.25. The van der Waals surface area contributed by atoms with E-state index in [9.17, 15) is 13.2 Å². The fourth-order valence-electron chi connectivity index (χ4n) is 1.31. The maximum Gasteiger partial charge on any atom is 0.318 e. The molecule has 0 aliphatic heterocycles. The van der Waals surface area contributed by atoms with E-state index in [1.165, 1.54) is 26.3 Å². The lowest BCUT2D eigenvalue weighted by atomic mass is 10.3. The first-order chi connectivity index (χ1) is 8.70. The molecule has 0 heterocycles. The molecular weight excluding hydrogens is 362 g/mol. The molecule has 0 atom stereocenters. The van der Waals surface area contributed by atoms with Gasteiger partial charge < -0.3 is 9.84 Å². The second-order valence-electron chi connectivity index (χ2n) is 3.57. The summed E-state index contributed by atoms with van der Waals surface area (Å²) in [5.74, 6) is -0.935. The second-order valence-corrected chi connectivity index (χ2v) is 6.85. The van der Waals surface area contributed by atoms with Gasteiger partial charge in [-0.15, -0.1) is 0 Å². The number of rotatable bonds is 5. The van der Waals surface area contributed by atoms with Crippen LogP contribution < -0.4 is 4.74 Å². The minimum Gasteiger partial charge on any atom is -0.495 e. The van der Waals surface area contributed by atoms with Crippen LogP contribution in [-0.4, -0.2) is 44.5 Å². The topological polar surface area (TPSA) is 83.9 Å². The number of carboxylic acids is 1. The largest absolute Gasteiger partial charge is 0.495 e. The van der Waals surface area contributed by atoms with Gasteiger partial charge in [-0.3, -0.25) is 4.79 Å². The average Bonchev–Trinajstić information content (AvgIpc) is 2.30. The quantitative estimate of drug-likeness (QED) is 0.852. The molecule has 0 aliphatic carbocycles. The van der Waals surface area contributed by atoms with Gasteiger partial charge in [0.25, 0.3) is 0 Å². The Labute approximate surface area is 124 Å². The Balaban J connectivity index is 3.29. The summed E-state index contributed by atoms with van der Waals surface area (Å²) in [5.41, 5.74) is 0. The molecule has 1 aromatic rings. The zero-order chi connectivity index (χ0) is 14.8. The summed E-state index contributed by atoms with van der Waals surface area (Å²) in [6, 6.07) is 2.61. The highest BCUT2D eigenvalue weighted by Gasteiger charge is 2.26. The fraction of sp³-hybridized carbons (Fsp3) is 0.300. The van der Waals surface area contributed by atoms with Crippen LogP contribution in [0.25, 0.3) is 0 Å². The number of nitrogens with zero attached hydrogens (tertiary/aromatic N) is 1. The smallest absolute Gasteiger partial charge is 0.318 e. The molecule has 1 aromatic carbocycles. The monoisotopic (exact) mass is 371 g/mol. The van der Waals surface area contributed by atoms with Gasteiger partial charge in [-0.25, -0.2) is 8.42 Å². The number of aliphatic carboxylic acids is 1. The zero-order valence-electron chi connectivity index (χ0n) is 10.1. The van der Waals surface area contributed by atoms with E-state index in [1.807, 2.05) is 0 Å². The maximum atomic E-state index is 12.2. The van der Waals surface area contributed by atoms with Crippen molar-refractivity contribution < 1.29 is 23.1 Å². The van der Waals surface area contributed by atoms with Gasteiger partial charge in [-0.1, -0.05) is 11.6 Å². The molecule has 0 bridgehead atoms. The van der Waals surface area contributed by atoms with Crippen molar-refractivity contribution in [2.45, 2.75) is 4.90 Å². The highest BCUT2D eigenvalue weighted by molar-refractivity contribution is 9.10. The third kappa shape index (κ3) is 3.59. The van der Waals surface area contributed by atoms with Gasteiger partial charge in [0, 0.05) is 11.5 Å².